The number of nitrogens with zero attached hydrogens (tertiary/aromatic N) is 1. The van der Waals surface area contributed by atoms with Crippen LogP contribution in [0.1, 0.15) is 54.5 Å². The fraction of sp³-hybridized carbons (Fsp3) is 0.278. The first kappa shape index (κ1) is 34.0. The van der Waals surface area contributed by atoms with Crippen LogP contribution in [0.5, 0.6) is 11.5 Å². The van der Waals surface area contributed by atoms with E-state index in [4.69, 9.17) is 14.6 Å². The standard InChI is InChI=1S/C36H39FN2O7/c1-22(2)39-29(18-17-27(40)19-28(41)20-31(42)43)32(24-13-15-26(37)16-14-24)33(23-9-6-5-7-10-23)34(39)36(44)38-21-25-11-8-12-30(45-3)35(25)46-4/h5-18,22,27-28,40-41H,19-21H2,1-4H3,(H,38,44)(H,42,43)/b18-17+/t27-,28-/m1/s1. The van der Waals surface area contributed by atoms with E-state index in [0.717, 1.165) is 5.56 Å². The summed E-state index contributed by atoms with van der Waals surface area (Å²) in [6.07, 6.45) is -0.00789. The number of rotatable bonds is 14. The number of hydrogen-bond donors (Lipinski definition) is 4. The van der Waals surface area contributed by atoms with Crippen molar-refractivity contribution in [2.45, 2.75) is 51.5 Å². The average molecular weight is 631 g/mol. The number of benzene rings is 3. The Morgan fingerprint density at radius 2 is 1.59 bits per heavy atom. The molecule has 0 bridgehead atoms. The molecular formula is C36H39FN2O7. The first-order valence-corrected chi connectivity index (χ1v) is 14.9. The first-order valence-electron chi connectivity index (χ1n) is 14.9. The Kier molecular flexibility index (Phi) is 11.3. The van der Waals surface area contributed by atoms with Crippen molar-refractivity contribution in [2.24, 2.45) is 0 Å². The van der Waals surface area contributed by atoms with Gasteiger partial charge < -0.3 is 34.7 Å². The number of carboxylic acids is 1. The van der Waals surface area contributed by atoms with Crippen LogP contribution in [-0.2, 0) is 11.3 Å². The zero-order chi connectivity index (χ0) is 33.4. The minimum atomic E-state index is -1.25. The molecule has 0 radical (unpaired) electrons. The van der Waals surface area contributed by atoms with Gasteiger partial charge in [-0.3, -0.25) is 9.59 Å². The third kappa shape index (κ3) is 7.82. The molecule has 3 aromatic carbocycles. The number of nitrogens with one attached hydrogen (secondary N) is 1. The number of halogens is 1. The second kappa shape index (κ2) is 15.4. The van der Waals surface area contributed by atoms with E-state index in [1.54, 1.807) is 24.3 Å². The lowest BCUT2D eigenvalue weighted by Crippen LogP contribution is -2.27. The lowest BCUT2D eigenvalue weighted by Gasteiger charge is -2.18. The summed E-state index contributed by atoms with van der Waals surface area (Å²) in [5.41, 5.74) is 4.26. The van der Waals surface area contributed by atoms with Crippen LogP contribution in [0.4, 0.5) is 4.39 Å². The lowest BCUT2D eigenvalue weighted by molar-refractivity contribution is -0.139. The number of amides is 1. The number of ether oxygens (including phenoxy) is 2. The molecule has 0 unspecified atom stereocenters. The van der Waals surface area contributed by atoms with Gasteiger partial charge in [0.05, 0.1) is 32.8 Å². The van der Waals surface area contributed by atoms with Crippen molar-refractivity contribution < 1.29 is 38.8 Å². The van der Waals surface area contributed by atoms with Crippen LogP contribution in [0.15, 0.2) is 78.9 Å². The SMILES string of the molecule is COc1cccc(CNC(=O)c2c(-c3ccccc3)c(-c3ccc(F)cc3)c(/C=C/[C@@H](O)C[C@@H](O)CC(=O)O)n2C(C)C)c1OC. The summed E-state index contributed by atoms with van der Waals surface area (Å²) in [5, 5.41) is 32.9. The quantitative estimate of drug-likeness (QED) is 0.133. The molecule has 0 saturated carbocycles. The fourth-order valence-electron chi connectivity index (χ4n) is 5.52. The van der Waals surface area contributed by atoms with Gasteiger partial charge in [0, 0.05) is 41.4 Å². The number of aliphatic hydroxyl groups excluding tert-OH is 2. The van der Waals surface area contributed by atoms with Gasteiger partial charge in [-0.2, -0.15) is 0 Å². The molecule has 242 valence electrons. The van der Waals surface area contributed by atoms with Crippen molar-refractivity contribution >= 4 is 18.0 Å². The van der Waals surface area contributed by atoms with E-state index >= 15 is 0 Å². The van der Waals surface area contributed by atoms with E-state index in [0.29, 0.717) is 45.1 Å². The molecule has 1 heterocycles. The molecule has 0 aliphatic rings. The number of para-hydroxylation sites is 1. The number of methoxy groups -OCH3 is 2. The molecule has 4 rings (SSSR count). The normalized spacial score (nSPS) is 12.7. The molecule has 10 heteroatoms. The summed E-state index contributed by atoms with van der Waals surface area (Å²) < 4.78 is 26.9. The summed E-state index contributed by atoms with van der Waals surface area (Å²) in [6.45, 7) is 3.98. The van der Waals surface area contributed by atoms with E-state index in [1.165, 1.54) is 32.4 Å². The second-order valence-corrected chi connectivity index (χ2v) is 11.1. The van der Waals surface area contributed by atoms with Crippen molar-refractivity contribution in [3.05, 3.63) is 102 Å². The van der Waals surface area contributed by atoms with Gasteiger partial charge in [-0.05, 0) is 49.2 Å². The molecule has 0 aliphatic heterocycles. The Morgan fingerprint density at radius 3 is 2.20 bits per heavy atom. The van der Waals surface area contributed by atoms with Crippen molar-refractivity contribution in [3.63, 3.8) is 0 Å². The van der Waals surface area contributed by atoms with Crippen molar-refractivity contribution in [3.8, 4) is 33.8 Å². The molecule has 1 aromatic heterocycles. The van der Waals surface area contributed by atoms with E-state index < -0.39 is 30.4 Å². The highest BCUT2D eigenvalue weighted by atomic mass is 19.1. The summed E-state index contributed by atoms with van der Waals surface area (Å²) in [5.74, 6) is -0.938. The predicted octanol–water partition coefficient (Wildman–Crippen LogP) is 6.09. The van der Waals surface area contributed by atoms with Crippen molar-refractivity contribution in [2.75, 3.05) is 14.2 Å². The van der Waals surface area contributed by atoms with Gasteiger partial charge >= 0.3 is 5.97 Å². The average Bonchev–Trinajstić information content (AvgIpc) is 3.38. The van der Waals surface area contributed by atoms with Crippen LogP contribution in [-0.4, -0.2) is 58.2 Å². The maximum atomic E-state index is 14.3. The molecule has 0 spiro atoms. The third-order valence-electron chi connectivity index (χ3n) is 7.49. The number of carbonyl (C=O) groups excluding carboxylic acids is 1. The Morgan fingerprint density at radius 1 is 0.913 bits per heavy atom. The number of carboxylic acid groups (broad SMARTS) is 1. The zero-order valence-corrected chi connectivity index (χ0v) is 26.2. The predicted molar refractivity (Wildman–Crippen MR) is 174 cm³/mol. The second-order valence-electron chi connectivity index (χ2n) is 11.1. The van der Waals surface area contributed by atoms with Gasteiger partial charge in [-0.1, -0.05) is 60.7 Å². The molecule has 4 aromatic rings. The van der Waals surface area contributed by atoms with Crippen LogP contribution < -0.4 is 14.8 Å². The van der Waals surface area contributed by atoms with Gasteiger partial charge in [0.2, 0.25) is 0 Å². The van der Waals surface area contributed by atoms with E-state index in [1.807, 2.05) is 60.9 Å². The minimum Gasteiger partial charge on any atom is -0.493 e. The smallest absolute Gasteiger partial charge is 0.305 e. The van der Waals surface area contributed by atoms with E-state index in [2.05, 4.69) is 5.32 Å². The molecule has 0 saturated heterocycles. The van der Waals surface area contributed by atoms with Gasteiger partial charge in [-0.25, -0.2) is 4.39 Å². The van der Waals surface area contributed by atoms with Crippen molar-refractivity contribution in [1.82, 2.24) is 9.88 Å². The maximum absolute atomic E-state index is 14.3. The van der Waals surface area contributed by atoms with Crippen molar-refractivity contribution in [1.29, 1.82) is 0 Å². The monoisotopic (exact) mass is 630 g/mol. The fourth-order valence-corrected chi connectivity index (χ4v) is 5.52. The van der Waals surface area contributed by atoms with Crippen LogP contribution in [0.3, 0.4) is 0 Å². The highest BCUT2D eigenvalue weighted by Gasteiger charge is 2.29. The van der Waals surface area contributed by atoms with Crippen LogP contribution in [0.25, 0.3) is 28.3 Å². The minimum absolute atomic E-state index is 0.133. The van der Waals surface area contributed by atoms with Crippen LogP contribution in [0, 0.1) is 5.82 Å². The van der Waals surface area contributed by atoms with Gasteiger partial charge in [0.25, 0.3) is 5.91 Å². The molecule has 0 aliphatic carbocycles. The van der Waals surface area contributed by atoms with Gasteiger partial charge in [0.15, 0.2) is 11.5 Å². The number of aliphatic hydroxyl groups is 2. The van der Waals surface area contributed by atoms with Crippen LogP contribution in [0.2, 0.25) is 0 Å². The molecule has 0 fully saturated rings. The van der Waals surface area contributed by atoms with E-state index in [-0.39, 0.29) is 24.9 Å². The largest absolute Gasteiger partial charge is 0.493 e. The van der Waals surface area contributed by atoms with Gasteiger partial charge in [-0.15, -0.1) is 0 Å². The Balaban J connectivity index is 1.91. The first-order chi connectivity index (χ1) is 22.0. The molecule has 4 N–H and O–H groups in total. The summed E-state index contributed by atoms with van der Waals surface area (Å²) >= 11 is 0. The molecule has 9 nitrogen and oxygen atoms in total. The highest BCUT2D eigenvalue weighted by Crippen LogP contribution is 2.42. The number of aliphatic carboxylic acids is 1. The molecule has 2 atom stereocenters. The third-order valence-corrected chi connectivity index (χ3v) is 7.49. The molecular weight excluding hydrogens is 591 g/mol. The number of aromatic nitrogens is 1. The van der Waals surface area contributed by atoms with Crippen LogP contribution >= 0.6 is 0 Å². The topological polar surface area (TPSA) is 130 Å². The molecule has 46 heavy (non-hydrogen) atoms. The summed E-state index contributed by atoms with van der Waals surface area (Å²) in [7, 11) is 3.07. The maximum Gasteiger partial charge on any atom is 0.305 e. The Labute approximate surface area is 267 Å². The number of hydrogen-bond acceptors (Lipinski definition) is 6. The Bertz CT molecular complexity index is 1680. The summed E-state index contributed by atoms with van der Waals surface area (Å²) in [4.78, 5) is 25.3. The molecule has 1 amide bonds. The van der Waals surface area contributed by atoms with E-state index in [9.17, 15) is 24.2 Å². The number of carbonyl (C=O) groups is 2. The zero-order valence-electron chi connectivity index (χ0n) is 26.2. The summed E-state index contributed by atoms with van der Waals surface area (Å²) in [6, 6.07) is 20.5. The Hall–Kier alpha value is -4.93. The lowest BCUT2D eigenvalue weighted by atomic mass is 9.94. The van der Waals surface area contributed by atoms with Gasteiger partial charge in [0.1, 0.15) is 11.5 Å². The highest BCUT2D eigenvalue weighted by molar-refractivity contribution is 6.06.